The zero-order valence-corrected chi connectivity index (χ0v) is 17.7. The summed E-state index contributed by atoms with van der Waals surface area (Å²) in [5.41, 5.74) is 2.96. The highest BCUT2D eigenvalue weighted by Crippen LogP contribution is 2.33. The summed E-state index contributed by atoms with van der Waals surface area (Å²) in [7, 11) is 0. The lowest BCUT2D eigenvalue weighted by atomic mass is 10.0. The first-order chi connectivity index (χ1) is 14.5. The second kappa shape index (κ2) is 8.26. The number of benzene rings is 1. The molecule has 4 rings (SSSR count). The maximum absolute atomic E-state index is 13.3. The van der Waals surface area contributed by atoms with E-state index in [0.29, 0.717) is 49.9 Å². The van der Waals surface area contributed by atoms with E-state index in [4.69, 9.17) is 0 Å². The monoisotopic (exact) mass is 405 g/mol. The minimum atomic E-state index is -0.193. The molecule has 2 amide bonds. The fourth-order valence-electron chi connectivity index (χ4n) is 3.95. The van der Waals surface area contributed by atoms with Gasteiger partial charge in [0, 0.05) is 45.1 Å². The zero-order valence-electron chi connectivity index (χ0n) is 17.7. The molecule has 30 heavy (non-hydrogen) atoms. The van der Waals surface area contributed by atoms with Crippen molar-refractivity contribution in [3.63, 3.8) is 0 Å². The van der Waals surface area contributed by atoms with E-state index in [1.807, 2.05) is 45.0 Å². The molecule has 0 saturated carbocycles. The standard InChI is InChI=1S/C23H27N5O2/c1-16(2)15-28-21(29)19(18-7-5-17(3)6-8-18)20(22(28)30)26-11-13-27(14-12-26)23-24-9-4-10-25-23/h4-10,16H,11-15H2,1-3H3. The van der Waals surface area contributed by atoms with E-state index in [-0.39, 0.29) is 17.7 Å². The van der Waals surface area contributed by atoms with Gasteiger partial charge in [-0.2, -0.15) is 0 Å². The number of rotatable bonds is 5. The molecule has 3 heterocycles. The third-order valence-electron chi connectivity index (χ3n) is 5.46. The molecule has 0 radical (unpaired) electrons. The zero-order chi connectivity index (χ0) is 21.3. The highest BCUT2D eigenvalue weighted by Gasteiger charge is 2.42. The van der Waals surface area contributed by atoms with Crippen molar-refractivity contribution in [1.82, 2.24) is 19.8 Å². The Morgan fingerprint density at radius 1 is 0.900 bits per heavy atom. The maximum atomic E-state index is 13.3. The smallest absolute Gasteiger partial charge is 0.277 e. The van der Waals surface area contributed by atoms with Gasteiger partial charge in [0.15, 0.2) is 0 Å². The molecule has 0 spiro atoms. The van der Waals surface area contributed by atoms with Crippen LogP contribution in [0.4, 0.5) is 5.95 Å². The molecule has 7 nitrogen and oxygen atoms in total. The fraction of sp³-hybridized carbons (Fsp3) is 0.391. The SMILES string of the molecule is Cc1ccc(C2=C(N3CCN(c4ncccn4)CC3)C(=O)N(CC(C)C)C2=O)cc1. The highest BCUT2D eigenvalue weighted by molar-refractivity contribution is 6.35. The molecule has 1 aromatic heterocycles. The Morgan fingerprint density at radius 2 is 1.50 bits per heavy atom. The molecular weight excluding hydrogens is 378 g/mol. The van der Waals surface area contributed by atoms with Crippen LogP contribution in [0.3, 0.4) is 0 Å². The molecule has 7 heteroatoms. The molecule has 0 aliphatic carbocycles. The topological polar surface area (TPSA) is 69.6 Å². The predicted molar refractivity (Wildman–Crippen MR) is 115 cm³/mol. The van der Waals surface area contributed by atoms with Crippen molar-refractivity contribution in [1.29, 1.82) is 0 Å². The number of hydrogen-bond donors (Lipinski definition) is 0. The van der Waals surface area contributed by atoms with Crippen LogP contribution in [0.15, 0.2) is 48.4 Å². The molecule has 1 fully saturated rings. The summed E-state index contributed by atoms with van der Waals surface area (Å²) in [5.74, 6) is 0.527. The number of anilines is 1. The normalized spacial score (nSPS) is 17.5. The lowest BCUT2D eigenvalue weighted by molar-refractivity contribution is -0.138. The van der Waals surface area contributed by atoms with Gasteiger partial charge >= 0.3 is 0 Å². The summed E-state index contributed by atoms with van der Waals surface area (Å²) in [5, 5.41) is 0. The molecule has 0 unspecified atom stereocenters. The largest absolute Gasteiger partial charge is 0.363 e. The molecule has 0 N–H and O–H groups in total. The molecule has 2 aliphatic rings. The van der Waals surface area contributed by atoms with Crippen molar-refractivity contribution in [2.45, 2.75) is 20.8 Å². The maximum Gasteiger partial charge on any atom is 0.277 e. The minimum Gasteiger partial charge on any atom is -0.363 e. The van der Waals surface area contributed by atoms with Gasteiger partial charge in [0.1, 0.15) is 5.70 Å². The summed E-state index contributed by atoms with van der Waals surface area (Å²) in [6.07, 6.45) is 3.46. The van der Waals surface area contributed by atoms with Gasteiger partial charge in [-0.15, -0.1) is 0 Å². The van der Waals surface area contributed by atoms with Crippen LogP contribution in [0.2, 0.25) is 0 Å². The first-order valence-corrected chi connectivity index (χ1v) is 10.4. The number of aryl methyl sites for hydroxylation is 1. The van der Waals surface area contributed by atoms with Crippen molar-refractivity contribution in [2.75, 3.05) is 37.6 Å². The highest BCUT2D eigenvalue weighted by atomic mass is 16.2. The van der Waals surface area contributed by atoms with Crippen LogP contribution in [0.1, 0.15) is 25.0 Å². The second-order valence-electron chi connectivity index (χ2n) is 8.23. The van der Waals surface area contributed by atoms with E-state index in [1.54, 1.807) is 18.5 Å². The summed E-state index contributed by atoms with van der Waals surface area (Å²) < 4.78 is 0. The number of aromatic nitrogens is 2. The number of carbonyl (C=O) groups excluding carboxylic acids is 2. The predicted octanol–water partition coefficient (Wildman–Crippen LogP) is 2.34. The van der Waals surface area contributed by atoms with Crippen molar-refractivity contribution in [3.05, 3.63) is 59.5 Å². The average Bonchev–Trinajstić information content (AvgIpc) is 2.99. The van der Waals surface area contributed by atoms with Gasteiger partial charge in [-0.3, -0.25) is 14.5 Å². The number of carbonyl (C=O) groups is 2. The molecule has 1 aromatic carbocycles. The third-order valence-corrected chi connectivity index (χ3v) is 5.46. The summed E-state index contributed by atoms with van der Waals surface area (Å²) in [6.45, 7) is 9.13. The number of hydrogen-bond acceptors (Lipinski definition) is 6. The third kappa shape index (κ3) is 3.79. The van der Waals surface area contributed by atoms with Crippen LogP contribution in [0, 0.1) is 12.8 Å². The van der Waals surface area contributed by atoms with Crippen molar-refractivity contribution < 1.29 is 9.59 Å². The van der Waals surface area contributed by atoms with Gasteiger partial charge < -0.3 is 9.80 Å². The molecule has 156 valence electrons. The first-order valence-electron chi connectivity index (χ1n) is 10.4. The van der Waals surface area contributed by atoms with E-state index < -0.39 is 0 Å². The Morgan fingerprint density at radius 3 is 2.10 bits per heavy atom. The summed E-state index contributed by atoms with van der Waals surface area (Å²) in [6, 6.07) is 9.62. The molecular formula is C23H27N5O2. The lowest BCUT2D eigenvalue weighted by Gasteiger charge is -2.36. The van der Waals surface area contributed by atoms with Crippen molar-refractivity contribution in [3.8, 4) is 0 Å². The Labute approximate surface area is 177 Å². The molecule has 0 bridgehead atoms. The molecule has 0 atom stereocenters. The number of amides is 2. The molecule has 1 saturated heterocycles. The Bertz CT molecular complexity index is 961. The van der Waals surface area contributed by atoms with Crippen LogP contribution < -0.4 is 4.90 Å². The van der Waals surface area contributed by atoms with E-state index >= 15 is 0 Å². The number of imide groups is 1. The quantitative estimate of drug-likeness (QED) is 0.712. The fourth-order valence-corrected chi connectivity index (χ4v) is 3.95. The minimum absolute atomic E-state index is 0.186. The van der Waals surface area contributed by atoms with E-state index in [2.05, 4.69) is 19.8 Å². The molecule has 2 aliphatic heterocycles. The van der Waals surface area contributed by atoms with E-state index in [1.165, 1.54) is 4.90 Å². The van der Waals surface area contributed by atoms with Gasteiger partial charge in [0.05, 0.1) is 5.57 Å². The van der Waals surface area contributed by atoms with Crippen LogP contribution in [0.25, 0.3) is 5.57 Å². The first kappa shape index (κ1) is 20.1. The van der Waals surface area contributed by atoms with E-state index in [9.17, 15) is 9.59 Å². The Kier molecular flexibility index (Phi) is 5.53. The van der Waals surface area contributed by atoms with Crippen LogP contribution in [0.5, 0.6) is 0 Å². The van der Waals surface area contributed by atoms with Crippen molar-refractivity contribution in [2.24, 2.45) is 5.92 Å². The second-order valence-corrected chi connectivity index (χ2v) is 8.23. The Hall–Kier alpha value is -3.22. The lowest BCUT2D eigenvalue weighted by Crippen LogP contribution is -2.48. The van der Waals surface area contributed by atoms with Crippen LogP contribution >= 0.6 is 0 Å². The molecule has 2 aromatic rings. The van der Waals surface area contributed by atoms with Crippen LogP contribution in [-0.2, 0) is 9.59 Å². The van der Waals surface area contributed by atoms with Crippen molar-refractivity contribution >= 4 is 23.3 Å². The van der Waals surface area contributed by atoms with Gasteiger partial charge in [0.25, 0.3) is 11.8 Å². The van der Waals surface area contributed by atoms with Gasteiger partial charge in [-0.05, 0) is 24.5 Å². The van der Waals surface area contributed by atoms with Gasteiger partial charge in [-0.25, -0.2) is 9.97 Å². The Balaban J connectivity index is 1.64. The van der Waals surface area contributed by atoms with Crippen LogP contribution in [-0.4, -0.2) is 64.3 Å². The van der Waals surface area contributed by atoms with Gasteiger partial charge in [0.2, 0.25) is 5.95 Å². The summed E-state index contributed by atoms with van der Waals surface area (Å²) in [4.78, 5) is 40.8. The van der Waals surface area contributed by atoms with E-state index in [0.717, 1.165) is 11.1 Å². The summed E-state index contributed by atoms with van der Waals surface area (Å²) >= 11 is 0. The number of nitrogens with zero attached hydrogens (tertiary/aromatic N) is 5. The number of piperazine rings is 1. The average molecular weight is 406 g/mol. The van der Waals surface area contributed by atoms with Gasteiger partial charge in [-0.1, -0.05) is 43.7 Å².